The van der Waals surface area contributed by atoms with Crippen LogP contribution in [0.4, 0.5) is 0 Å². The highest BCUT2D eigenvalue weighted by Crippen LogP contribution is 2.39. The first-order chi connectivity index (χ1) is 16.2. The maximum absolute atomic E-state index is 13.8. The third-order valence-electron chi connectivity index (χ3n) is 6.07. The van der Waals surface area contributed by atoms with Crippen molar-refractivity contribution in [1.29, 1.82) is 0 Å². The Balaban J connectivity index is 1.87. The average Bonchev–Trinajstić information content (AvgIpc) is 3.22. The molecule has 12 heteroatoms. The molecule has 0 bridgehead atoms. The zero-order chi connectivity index (χ0) is 24.8. The Bertz CT molecular complexity index is 951. The lowest BCUT2D eigenvalue weighted by Crippen LogP contribution is -2.50. The van der Waals surface area contributed by atoms with Gasteiger partial charge < -0.3 is 15.0 Å². The van der Waals surface area contributed by atoms with E-state index in [1.165, 1.54) is 11.1 Å². The van der Waals surface area contributed by atoms with Crippen LogP contribution in [0.25, 0.3) is 0 Å². The summed E-state index contributed by atoms with van der Waals surface area (Å²) in [5, 5.41) is 21.7. The van der Waals surface area contributed by atoms with Crippen molar-refractivity contribution in [3.63, 3.8) is 0 Å². The topological polar surface area (TPSA) is 142 Å². The second kappa shape index (κ2) is 11.0. The Labute approximate surface area is 203 Å². The van der Waals surface area contributed by atoms with Gasteiger partial charge in [0.25, 0.3) is 0 Å². The predicted octanol–water partition coefficient (Wildman–Crippen LogP) is 1.85. The van der Waals surface area contributed by atoms with E-state index in [9.17, 15) is 14.4 Å². The molecule has 184 valence electrons. The number of thioether (sulfide) groups is 1. The first-order valence-electron chi connectivity index (χ1n) is 11.2. The van der Waals surface area contributed by atoms with Gasteiger partial charge in [0.05, 0.1) is 18.5 Å². The van der Waals surface area contributed by atoms with Crippen molar-refractivity contribution in [3.05, 3.63) is 11.9 Å². The van der Waals surface area contributed by atoms with Gasteiger partial charge in [0.15, 0.2) is 11.7 Å². The second-order valence-corrected chi connectivity index (χ2v) is 9.92. The highest BCUT2D eigenvalue weighted by molar-refractivity contribution is 7.98. The first-order valence-corrected chi connectivity index (χ1v) is 12.6. The third kappa shape index (κ3) is 6.14. The molecule has 3 rings (SSSR count). The van der Waals surface area contributed by atoms with Crippen LogP contribution >= 0.6 is 11.8 Å². The fourth-order valence-corrected chi connectivity index (χ4v) is 4.47. The van der Waals surface area contributed by atoms with Gasteiger partial charge in [-0.3, -0.25) is 14.4 Å². The molecular formula is C22H31N7O4S. The van der Waals surface area contributed by atoms with E-state index in [0.29, 0.717) is 31.5 Å². The Morgan fingerprint density at radius 2 is 2.18 bits per heavy atom. The maximum Gasteiger partial charge on any atom is 0.307 e. The summed E-state index contributed by atoms with van der Waals surface area (Å²) in [5.41, 5.74) is -1.34. The van der Waals surface area contributed by atoms with Crippen molar-refractivity contribution >= 4 is 29.5 Å². The van der Waals surface area contributed by atoms with Gasteiger partial charge in [-0.15, -0.1) is 12.3 Å². The Hall–Kier alpha value is -2.94. The lowest BCUT2D eigenvalue weighted by Gasteiger charge is -2.35. The average molecular weight is 490 g/mol. The van der Waals surface area contributed by atoms with Gasteiger partial charge in [0.1, 0.15) is 11.3 Å². The number of aromatic amines is 1. The minimum absolute atomic E-state index is 0.0554. The van der Waals surface area contributed by atoms with E-state index < -0.39 is 29.2 Å². The smallest absolute Gasteiger partial charge is 0.307 e. The predicted molar refractivity (Wildman–Crippen MR) is 125 cm³/mol. The molecule has 11 nitrogen and oxygen atoms in total. The SMILES string of the molecule is C#CCCC1(CCN(C(=O)C2CC(=O)OC2(C)C)C(C(=O)NCCCSC)c2cn[nH]n2)N=N1. The highest BCUT2D eigenvalue weighted by atomic mass is 32.2. The Kier molecular flexibility index (Phi) is 8.30. The zero-order valence-corrected chi connectivity index (χ0v) is 20.6. The molecule has 0 radical (unpaired) electrons. The number of carbonyl (C=O) groups excluding carboxylic acids is 3. The number of terminal acetylenes is 1. The van der Waals surface area contributed by atoms with Crippen molar-refractivity contribution in [2.75, 3.05) is 25.1 Å². The maximum atomic E-state index is 13.8. The summed E-state index contributed by atoms with van der Waals surface area (Å²) in [6, 6.07) is -1.03. The fraction of sp³-hybridized carbons (Fsp3) is 0.682. The van der Waals surface area contributed by atoms with Crippen molar-refractivity contribution < 1.29 is 19.1 Å². The molecule has 1 saturated heterocycles. The summed E-state index contributed by atoms with van der Waals surface area (Å²) in [7, 11) is 0. The van der Waals surface area contributed by atoms with Crippen molar-refractivity contribution in [2.24, 2.45) is 16.1 Å². The number of cyclic esters (lactones) is 1. The number of nitrogens with zero attached hydrogens (tertiary/aromatic N) is 5. The molecule has 1 fully saturated rings. The summed E-state index contributed by atoms with van der Waals surface area (Å²) >= 11 is 1.69. The Morgan fingerprint density at radius 3 is 2.74 bits per heavy atom. The monoisotopic (exact) mass is 489 g/mol. The Morgan fingerprint density at radius 1 is 1.41 bits per heavy atom. The van der Waals surface area contributed by atoms with Gasteiger partial charge >= 0.3 is 5.97 Å². The number of amides is 2. The number of H-pyrrole nitrogens is 1. The standard InChI is InChI=1S/C22H31N7O4S/c1-5-6-8-22(26-27-22)9-11-29(20(32)15-13-17(30)33-21(15,2)3)18(16-14-24-28-25-16)19(31)23-10-7-12-34-4/h1,14-15,18H,6-13H2,2-4H3,(H,23,31)(H,24,25,28). The largest absolute Gasteiger partial charge is 0.459 e. The third-order valence-corrected chi connectivity index (χ3v) is 6.77. The van der Waals surface area contributed by atoms with E-state index in [1.54, 1.807) is 25.6 Å². The molecule has 2 atom stereocenters. The fourth-order valence-electron chi connectivity index (χ4n) is 4.04. The molecule has 2 N–H and O–H groups in total. The number of rotatable bonds is 13. The number of nitrogens with one attached hydrogen (secondary N) is 2. The highest BCUT2D eigenvalue weighted by Gasteiger charge is 2.50. The van der Waals surface area contributed by atoms with E-state index in [1.807, 2.05) is 6.26 Å². The van der Waals surface area contributed by atoms with Crippen molar-refractivity contribution in [1.82, 2.24) is 25.6 Å². The van der Waals surface area contributed by atoms with Crippen LogP contribution in [0, 0.1) is 18.3 Å². The quantitative estimate of drug-likeness (QED) is 0.245. The zero-order valence-electron chi connectivity index (χ0n) is 19.7. The summed E-state index contributed by atoms with van der Waals surface area (Å²) in [4.78, 5) is 40.7. The summed E-state index contributed by atoms with van der Waals surface area (Å²) < 4.78 is 5.38. The van der Waals surface area contributed by atoms with E-state index >= 15 is 0 Å². The van der Waals surface area contributed by atoms with Crippen LogP contribution in [0.1, 0.15) is 57.7 Å². The van der Waals surface area contributed by atoms with Crippen LogP contribution < -0.4 is 5.32 Å². The first kappa shape index (κ1) is 25.7. The number of carbonyl (C=O) groups is 3. The van der Waals surface area contributed by atoms with Gasteiger partial charge in [-0.25, -0.2) is 0 Å². The van der Waals surface area contributed by atoms with Gasteiger partial charge in [-0.1, -0.05) is 0 Å². The van der Waals surface area contributed by atoms with Gasteiger partial charge in [-0.2, -0.15) is 37.4 Å². The number of aromatic nitrogens is 3. The molecule has 34 heavy (non-hydrogen) atoms. The van der Waals surface area contributed by atoms with Crippen LogP contribution in [0.2, 0.25) is 0 Å². The molecule has 2 aliphatic heterocycles. The molecule has 2 aliphatic rings. The molecule has 3 heterocycles. The van der Waals surface area contributed by atoms with E-state index in [4.69, 9.17) is 11.2 Å². The number of hydrogen-bond acceptors (Lipinski definition) is 9. The van der Waals surface area contributed by atoms with Crippen LogP contribution in [0.3, 0.4) is 0 Å². The van der Waals surface area contributed by atoms with Crippen LogP contribution in [0.15, 0.2) is 16.4 Å². The summed E-state index contributed by atoms with van der Waals surface area (Å²) in [5.74, 6) is 1.57. The van der Waals surface area contributed by atoms with Crippen LogP contribution in [0.5, 0.6) is 0 Å². The molecular weight excluding hydrogens is 458 g/mol. The molecule has 2 unspecified atom stereocenters. The minimum atomic E-state index is -1.03. The summed E-state index contributed by atoms with van der Waals surface area (Å²) in [6.07, 6.45) is 11.0. The van der Waals surface area contributed by atoms with Crippen molar-refractivity contribution in [2.45, 2.75) is 63.3 Å². The van der Waals surface area contributed by atoms with Crippen molar-refractivity contribution in [3.8, 4) is 12.3 Å². The minimum Gasteiger partial charge on any atom is -0.459 e. The van der Waals surface area contributed by atoms with E-state index in [0.717, 1.165) is 12.2 Å². The second-order valence-electron chi connectivity index (χ2n) is 8.94. The number of ether oxygens (including phenoxy) is 1. The van der Waals surface area contributed by atoms with E-state index in [-0.39, 0.29) is 24.8 Å². The normalized spacial score (nSPS) is 20.3. The molecule has 0 aromatic carbocycles. The lowest BCUT2D eigenvalue weighted by atomic mass is 9.88. The van der Waals surface area contributed by atoms with Gasteiger partial charge in [0, 0.05) is 32.4 Å². The van der Waals surface area contributed by atoms with Crippen LogP contribution in [-0.4, -0.2) is 74.5 Å². The molecule has 2 amide bonds. The molecule has 0 aliphatic carbocycles. The van der Waals surface area contributed by atoms with Gasteiger partial charge in [-0.05, 0) is 32.3 Å². The van der Waals surface area contributed by atoms with Gasteiger partial charge in [0.2, 0.25) is 11.8 Å². The van der Waals surface area contributed by atoms with Crippen LogP contribution in [-0.2, 0) is 19.1 Å². The van der Waals surface area contributed by atoms with E-state index in [2.05, 4.69) is 36.9 Å². The molecule has 0 spiro atoms. The lowest BCUT2D eigenvalue weighted by molar-refractivity contribution is -0.151. The molecule has 1 aromatic rings. The summed E-state index contributed by atoms with van der Waals surface area (Å²) in [6.45, 7) is 4.04. The molecule has 1 aromatic heterocycles. The molecule has 0 saturated carbocycles. The number of hydrogen-bond donors (Lipinski definition) is 2. The number of esters is 1.